The molecule has 0 bridgehead atoms. The van der Waals surface area contributed by atoms with E-state index in [2.05, 4.69) is 31.2 Å². The first kappa shape index (κ1) is 16.3. The van der Waals surface area contributed by atoms with Crippen LogP contribution in [-0.2, 0) is 17.8 Å². The molecule has 2 heterocycles. The first-order valence-electron chi connectivity index (χ1n) is 7.58. The maximum atomic E-state index is 12.2. The molecule has 0 saturated heterocycles. The number of nitrogens with zero attached hydrogens (tertiary/aromatic N) is 2. The lowest BCUT2D eigenvalue weighted by Gasteiger charge is -2.10. The number of benzene rings is 1. The summed E-state index contributed by atoms with van der Waals surface area (Å²) in [5.41, 5.74) is 3.82. The summed E-state index contributed by atoms with van der Waals surface area (Å²) in [6.45, 7) is 0.445. The van der Waals surface area contributed by atoms with E-state index in [0.29, 0.717) is 13.0 Å². The highest BCUT2D eigenvalue weighted by atomic mass is 79.9. The van der Waals surface area contributed by atoms with Gasteiger partial charge in [-0.2, -0.15) is 0 Å². The zero-order chi connectivity index (χ0) is 16.8. The Bertz CT molecular complexity index is 820. The number of hydrogen-bond donors (Lipinski definition) is 1. The van der Waals surface area contributed by atoms with E-state index < -0.39 is 0 Å². The van der Waals surface area contributed by atoms with Crippen molar-refractivity contribution in [1.82, 2.24) is 15.3 Å². The summed E-state index contributed by atoms with van der Waals surface area (Å²) < 4.78 is 1.00. The topological polar surface area (TPSA) is 54.9 Å². The van der Waals surface area contributed by atoms with Gasteiger partial charge >= 0.3 is 0 Å². The molecule has 0 spiro atoms. The lowest BCUT2D eigenvalue weighted by molar-refractivity contribution is -0.120. The SMILES string of the molecule is O=C(Cc1ccc(Br)cc1)NCc1cccnc1-c1ccncc1. The number of aromatic nitrogens is 2. The number of halogens is 1. The lowest BCUT2D eigenvalue weighted by Crippen LogP contribution is -2.24. The fraction of sp³-hybridized carbons (Fsp3) is 0.105. The number of pyridine rings is 2. The number of carbonyl (C=O) groups excluding carboxylic acids is 1. The molecule has 0 saturated carbocycles. The Balaban J connectivity index is 1.66. The number of carbonyl (C=O) groups is 1. The van der Waals surface area contributed by atoms with Crippen LogP contribution in [0.25, 0.3) is 11.3 Å². The van der Waals surface area contributed by atoms with Gasteiger partial charge in [-0.25, -0.2) is 0 Å². The van der Waals surface area contributed by atoms with Crippen LogP contribution in [0.15, 0.2) is 71.6 Å². The van der Waals surface area contributed by atoms with Gasteiger partial charge in [0.25, 0.3) is 0 Å². The molecule has 0 aliphatic heterocycles. The molecule has 120 valence electrons. The quantitative estimate of drug-likeness (QED) is 0.731. The summed E-state index contributed by atoms with van der Waals surface area (Å²) in [6.07, 6.45) is 5.58. The van der Waals surface area contributed by atoms with Gasteiger partial charge in [0, 0.05) is 35.2 Å². The molecule has 0 fully saturated rings. The van der Waals surface area contributed by atoms with E-state index in [1.807, 2.05) is 48.5 Å². The third-order valence-electron chi connectivity index (χ3n) is 3.60. The van der Waals surface area contributed by atoms with Crippen molar-refractivity contribution in [3.63, 3.8) is 0 Å². The first-order valence-corrected chi connectivity index (χ1v) is 8.37. The van der Waals surface area contributed by atoms with E-state index >= 15 is 0 Å². The van der Waals surface area contributed by atoms with Crippen molar-refractivity contribution in [3.8, 4) is 11.3 Å². The van der Waals surface area contributed by atoms with Crippen molar-refractivity contribution in [2.45, 2.75) is 13.0 Å². The van der Waals surface area contributed by atoms with Crippen molar-refractivity contribution in [2.24, 2.45) is 0 Å². The summed E-state index contributed by atoms with van der Waals surface area (Å²) in [6, 6.07) is 15.4. The van der Waals surface area contributed by atoms with Crippen LogP contribution >= 0.6 is 15.9 Å². The fourth-order valence-corrected chi connectivity index (χ4v) is 2.66. The van der Waals surface area contributed by atoms with Crippen molar-refractivity contribution in [3.05, 3.63) is 82.7 Å². The normalized spacial score (nSPS) is 10.4. The van der Waals surface area contributed by atoms with Gasteiger partial charge in [-0.3, -0.25) is 14.8 Å². The number of amides is 1. The molecule has 0 aliphatic carbocycles. The highest BCUT2D eigenvalue weighted by Gasteiger charge is 2.08. The third kappa shape index (κ3) is 4.26. The van der Waals surface area contributed by atoms with E-state index in [9.17, 15) is 4.79 Å². The molecule has 4 nitrogen and oxygen atoms in total. The molecule has 1 N–H and O–H groups in total. The number of hydrogen-bond acceptors (Lipinski definition) is 3. The average Bonchev–Trinajstić information content (AvgIpc) is 2.63. The maximum absolute atomic E-state index is 12.2. The van der Waals surface area contributed by atoms with Crippen LogP contribution in [0.2, 0.25) is 0 Å². The second-order valence-electron chi connectivity index (χ2n) is 5.33. The molecule has 1 amide bonds. The van der Waals surface area contributed by atoms with Crippen molar-refractivity contribution in [1.29, 1.82) is 0 Å². The molecule has 0 atom stereocenters. The lowest BCUT2D eigenvalue weighted by atomic mass is 10.1. The summed E-state index contributed by atoms with van der Waals surface area (Å²) in [5, 5.41) is 2.97. The van der Waals surface area contributed by atoms with Gasteiger partial charge in [-0.1, -0.05) is 34.1 Å². The average molecular weight is 382 g/mol. The fourth-order valence-electron chi connectivity index (χ4n) is 2.39. The Labute approximate surface area is 149 Å². The molecule has 0 unspecified atom stereocenters. The number of rotatable bonds is 5. The van der Waals surface area contributed by atoms with Gasteiger partial charge in [0.15, 0.2) is 0 Å². The highest BCUT2D eigenvalue weighted by molar-refractivity contribution is 9.10. The first-order chi connectivity index (χ1) is 11.7. The van der Waals surface area contributed by atoms with Crippen molar-refractivity contribution in [2.75, 3.05) is 0 Å². The van der Waals surface area contributed by atoms with E-state index in [1.165, 1.54) is 0 Å². The monoisotopic (exact) mass is 381 g/mol. The van der Waals surface area contributed by atoms with Gasteiger partial charge in [-0.05, 0) is 41.5 Å². The minimum Gasteiger partial charge on any atom is -0.352 e. The van der Waals surface area contributed by atoms with Gasteiger partial charge < -0.3 is 5.32 Å². The summed E-state index contributed by atoms with van der Waals surface area (Å²) in [7, 11) is 0. The molecule has 2 aromatic heterocycles. The Morgan fingerprint density at radius 2 is 1.75 bits per heavy atom. The van der Waals surface area contributed by atoms with E-state index in [1.54, 1.807) is 18.6 Å². The predicted molar refractivity (Wildman–Crippen MR) is 97.2 cm³/mol. The van der Waals surface area contributed by atoms with Crippen LogP contribution < -0.4 is 5.32 Å². The summed E-state index contributed by atoms with van der Waals surface area (Å²) in [4.78, 5) is 20.6. The number of nitrogens with one attached hydrogen (secondary N) is 1. The highest BCUT2D eigenvalue weighted by Crippen LogP contribution is 2.20. The van der Waals surface area contributed by atoms with Gasteiger partial charge in [0.1, 0.15) is 0 Å². The summed E-state index contributed by atoms with van der Waals surface area (Å²) >= 11 is 3.39. The standard InChI is InChI=1S/C19H16BrN3O/c20-17-5-3-14(4-6-17)12-18(24)23-13-16-2-1-9-22-19(16)15-7-10-21-11-8-15/h1-11H,12-13H2,(H,23,24). The smallest absolute Gasteiger partial charge is 0.224 e. The van der Waals surface area contributed by atoms with Crippen LogP contribution in [-0.4, -0.2) is 15.9 Å². The molecule has 3 rings (SSSR count). The largest absolute Gasteiger partial charge is 0.352 e. The molecule has 0 radical (unpaired) electrons. The Morgan fingerprint density at radius 1 is 1.00 bits per heavy atom. The summed E-state index contributed by atoms with van der Waals surface area (Å²) in [5.74, 6) is -0.0122. The molecule has 0 aliphatic rings. The molecule has 24 heavy (non-hydrogen) atoms. The second-order valence-corrected chi connectivity index (χ2v) is 6.24. The van der Waals surface area contributed by atoms with Crippen LogP contribution in [0.4, 0.5) is 0 Å². The molecule has 3 aromatic rings. The maximum Gasteiger partial charge on any atom is 0.224 e. The van der Waals surface area contributed by atoms with Crippen LogP contribution in [0.1, 0.15) is 11.1 Å². The van der Waals surface area contributed by atoms with Crippen molar-refractivity contribution >= 4 is 21.8 Å². The third-order valence-corrected chi connectivity index (χ3v) is 4.13. The molecule has 5 heteroatoms. The zero-order valence-corrected chi connectivity index (χ0v) is 14.5. The van der Waals surface area contributed by atoms with Crippen LogP contribution in [0.3, 0.4) is 0 Å². The Morgan fingerprint density at radius 3 is 2.50 bits per heavy atom. The van der Waals surface area contributed by atoms with E-state index in [-0.39, 0.29) is 5.91 Å². The Hall–Kier alpha value is -2.53. The van der Waals surface area contributed by atoms with Gasteiger partial charge in [0.2, 0.25) is 5.91 Å². The minimum atomic E-state index is -0.0122. The Kier molecular flexibility index (Phi) is 5.33. The van der Waals surface area contributed by atoms with E-state index in [0.717, 1.165) is 26.9 Å². The van der Waals surface area contributed by atoms with Crippen LogP contribution in [0, 0.1) is 0 Å². The molecular formula is C19H16BrN3O. The van der Waals surface area contributed by atoms with Crippen molar-refractivity contribution < 1.29 is 4.79 Å². The zero-order valence-electron chi connectivity index (χ0n) is 12.9. The molecular weight excluding hydrogens is 366 g/mol. The van der Waals surface area contributed by atoms with Crippen LogP contribution in [0.5, 0.6) is 0 Å². The predicted octanol–water partition coefficient (Wildman–Crippen LogP) is 3.77. The molecule has 1 aromatic carbocycles. The second kappa shape index (κ2) is 7.84. The minimum absolute atomic E-state index is 0.0122. The van der Waals surface area contributed by atoms with E-state index in [4.69, 9.17) is 0 Å². The van der Waals surface area contributed by atoms with Gasteiger partial charge in [-0.15, -0.1) is 0 Å². The van der Waals surface area contributed by atoms with Gasteiger partial charge in [0.05, 0.1) is 12.1 Å².